The highest BCUT2D eigenvalue weighted by molar-refractivity contribution is 7.99. The highest BCUT2D eigenvalue weighted by atomic mass is 32.2. The Kier molecular flexibility index (Phi) is 4.72. The molecular formula is C15H19N5OS. The fourth-order valence-corrected chi connectivity index (χ4v) is 3.01. The fourth-order valence-electron chi connectivity index (χ4n) is 2.17. The van der Waals surface area contributed by atoms with Gasteiger partial charge in [-0.2, -0.15) is 0 Å². The van der Waals surface area contributed by atoms with Crippen LogP contribution in [0.25, 0.3) is 11.4 Å². The van der Waals surface area contributed by atoms with Crippen LogP contribution in [-0.2, 0) is 4.79 Å². The summed E-state index contributed by atoms with van der Waals surface area (Å²) >= 11 is 1.45. The normalized spacial score (nSPS) is 14.0. The molecule has 1 saturated carbocycles. The van der Waals surface area contributed by atoms with Crippen molar-refractivity contribution < 1.29 is 4.79 Å². The number of pyridine rings is 1. The molecule has 1 amide bonds. The van der Waals surface area contributed by atoms with Crippen molar-refractivity contribution in [3.8, 4) is 11.4 Å². The standard InChI is InChI=1S/C15H19N5OS/c1-2-7-17-13(21)10-22-15-19-18-14(20(15)12-5-6-12)11-4-3-8-16-9-11/h3-4,8-9,12H,2,5-7,10H2,1H3,(H,17,21). The molecule has 0 aromatic carbocycles. The first-order valence-electron chi connectivity index (χ1n) is 7.54. The molecule has 0 unspecified atom stereocenters. The van der Waals surface area contributed by atoms with E-state index in [1.54, 1.807) is 12.4 Å². The first-order valence-corrected chi connectivity index (χ1v) is 8.53. The Labute approximate surface area is 133 Å². The van der Waals surface area contributed by atoms with Crippen LogP contribution >= 0.6 is 11.8 Å². The van der Waals surface area contributed by atoms with Gasteiger partial charge >= 0.3 is 0 Å². The number of carbonyl (C=O) groups is 1. The Morgan fingerprint density at radius 1 is 1.45 bits per heavy atom. The third-order valence-corrected chi connectivity index (χ3v) is 4.34. The van der Waals surface area contributed by atoms with E-state index in [-0.39, 0.29) is 5.91 Å². The molecule has 0 spiro atoms. The maximum absolute atomic E-state index is 11.7. The van der Waals surface area contributed by atoms with E-state index in [9.17, 15) is 4.79 Å². The number of nitrogens with zero attached hydrogens (tertiary/aromatic N) is 4. The molecule has 1 aliphatic carbocycles. The molecule has 0 bridgehead atoms. The topological polar surface area (TPSA) is 72.7 Å². The number of aromatic nitrogens is 4. The minimum absolute atomic E-state index is 0.0418. The van der Waals surface area contributed by atoms with E-state index in [1.807, 2.05) is 19.1 Å². The first-order chi connectivity index (χ1) is 10.8. The summed E-state index contributed by atoms with van der Waals surface area (Å²) in [5.41, 5.74) is 0.962. The third-order valence-electron chi connectivity index (χ3n) is 3.40. The van der Waals surface area contributed by atoms with Crippen LogP contribution in [0.15, 0.2) is 29.7 Å². The average Bonchev–Trinajstić information content (AvgIpc) is 3.31. The smallest absolute Gasteiger partial charge is 0.230 e. The molecule has 2 aromatic rings. The van der Waals surface area contributed by atoms with Crippen molar-refractivity contribution in [1.29, 1.82) is 0 Å². The van der Waals surface area contributed by atoms with Crippen molar-refractivity contribution in [3.05, 3.63) is 24.5 Å². The maximum Gasteiger partial charge on any atom is 0.230 e. The van der Waals surface area contributed by atoms with Gasteiger partial charge in [0.15, 0.2) is 11.0 Å². The van der Waals surface area contributed by atoms with Crippen molar-refractivity contribution >= 4 is 17.7 Å². The van der Waals surface area contributed by atoms with Gasteiger partial charge in [0.2, 0.25) is 5.91 Å². The van der Waals surface area contributed by atoms with E-state index in [0.717, 1.165) is 42.4 Å². The minimum atomic E-state index is 0.0418. The molecule has 7 heteroatoms. The molecule has 0 aliphatic heterocycles. The van der Waals surface area contributed by atoms with E-state index >= 15 is 0 Å². The number of carbonyl (C=O) groups excluding carboxylic acids is 1. The van der Waals surface area contributed by atoms with Gasteiger partial charge < -0.3 is 5.32 Å². The van der Waals surface area contributed by atoms with Gasteiger partial charge in [0.1, 0.15) is 0 Å². The summed E-state index contributed by atoms with van der Waals surface area (Å²) in [5, 5.41) is 12.3. The van der Waals surface area contributed by atoms with Crippen molar-refractivity contribution in [2.75, 3.05) is 12.3 Å². The van der Waals surface area contributed by atoms with Crippen molar-refractivity contribution in [3.63, 3.8) is 0 Å². The molecule has 6 nitrogen and oxygen atoms in total. The molecule has 1 fully saturated rings. The van der Waals surface area contributed by atoms with Gasteiger partial charge in [-0.25, -0.2) is 0 Å². The molecule has 0 radical (unpaired) electrons. The van der Waals surface area contributed by atoms with Gasteiger partial charge in [0.25, 0.3) is 0 Å². The van der Waals surface area contributed by atoms with Gasteiger partial charge in [0.05, 0.1) is 5.75 Å². The number of hydrogen-bond acceptors (Lipinski definition) is 5. The van der Waals surface area contributed by atoms with Gasteiger partial charge in [-0.3, -0.25) is 14.3 Å². The Hall–Kier alpha value is -1.89. The largest absolute Gasteiger partial charge is 0.355 e. The monoisotopic (exact) mass is 317 g/mol. The molecule has 3 rings (SSSR count). The lowest BCUT2D eigenvalue weighted by molar-refractivity contribution is -0.118. The zero-order chi connectivity index (χ0) is 15.4. The Morgan fingerprint density at radius 3 is 3.00 bits per heavy atom. The van der Waals surface area contributed by atoms with E-state index in [0.29, 0.717) is 11.8 Å². The van der Waals surface area contributed by atoms with E-state index < -0.39 is 0 Å². The SMILES string of the molecule is CCCNC(=O)CSc1nnc(-c2cccnc2)n1C1CC1. The number of hydrogen-bond donors (Lipinski definition) is 1. The molecule has 2 aromatic heterocycles. The molecule has 1 aliphatic rings. The van der Waals surface area contributed by atoms with Crippen molar-refractivity contribution in [2.45, 2.75) is 37.4 Å². The fraction of sp³-hybridized carbons (Fsp3) is 0.467. The average molecular weight is 317 g/mol. The van der Waals surface area contributed by atoms with Crippen molar-refractivity contribution in [2.24, 2.45) is 0 Å². The van der Waals surface area contributed by atoms with E-state index in [2.05, 4.69) is 25.1 Å². The summed E-state index contributed by atoms with van der Waals surface area (Å²) in [7, 11) is 0. The molecule has 116 valence electrons. The number of nitrogens with one attached hydrogen (secondary N) is 1. The Balaban J connectivity index is 1.75. The molecule has 2 heterocycles. The summed E-state index contributed by atoms with van der Waals surface area (Å²) in [6.07, 6.45) is 6.77. The molecule has 0 atom stereocenters. The number of thioether (sulfide) groups is 1. The zero-order valence-corrected chi connectivity index (χ0v) is 13.3. The van der Waals surface area contributed by atoms with Gasteiger partial charge in [-0.1, -0.05) is 18.7 Å². The van der Waals surface area contributed by atoms with Gasteiger partial charge in [0, 0.05) is 30.5 Å². The van der Waals surface area contributed by atoms with Crippen LogP contribution in [0.5, 0.6) is 0 Å². The lowest BCUT2D eigenvalue weighted by Crippen LogP contribution is -2.25. The second kappa shape index (κ2) is 6.91. The molecular weight excluding hydrogens is 298 g/mol. The van der Waals surface area contributed by atoms with Crippen molar-refractivity contribution in [1.82, 2.24) is 25.1 Å². The van der Waals surface area contributed by atoms with Gasteiger partial charge in [-0.15, -0.1) is 10.2 Å². The van der Waals surface area contributed by atoms with Crippen LogP contribution in [-0.4, -0.2) is 38.0 Å². The lowest BCUT2D eigenvalue weighted by atomic mass is 10.3. The minimum Gasteiger partial charge on any atom is -0.355 e. The summed E-state index contributed by atoms with van der Waals surface area (Å²) in [6, 6.07) is 4.33. The lowest BCUT2D eigenvalue weighted by Gasteiger charge is -2.08. The predicted octanol–water partition coefficient (Wildman–Crippen LogP) is 2.29. The third kappa shape index (κ3) is 3.47. The molecule has 0 saturated heterocycles. The predicted molar refractivity (Wildman–Crippen MR) is 85.5 cm³/mol. The maximum atomic E-state index is 11.7. The Morgan fingerprint density at radius 2 is 2.32 bits per heavy atom. The highest BCUT2D eigenvalue weighted by Crippen LogP contribution is 2.40. The van der Waals surface area contributed by atoms with Crippen LogP contribution in [0.1, 0.15) is 32.2 Å². The summed E-state index contributed by atoms with van der Waals surface area (Å²) in [4.78, 5) is 15.9. The summed E-state index contributed by atoms with van der Waals surface area (Å²) in [6.45, 7) is 2.76. The number of amides is 1. The zero-order valence-electron chi connectivity index (χ0n) is 12.5. The van der Waals surface area contributed by atoms with Crippen LogP contribution in [0.2, 0.25) is 0 Å². The van der Waals surface area contributed by atoms with Crippen LogP contribution < -0.4 is 5.32 Å². The van der Waals surface area contributed by atoms with Crippen LogP contribution in [0.4, 0.5) is 0 Å². The second-order valence-corrected chi connectivity index (χ2v) is 6.23. The number of rotatable bonds is 7. The van der Waals surface area contributed by atoms with Crippen LogP contribution in [0.3, 0.4) is 0 Å². The molecule has 1 N–H and O–H groups in total. The van der Waals surface area contributed by atoms with Gasteiger partial charge in [-0.05, 0) is 31.4 Å². The van der Waals surface area contributed by atoms with Crippen LogP contribution in [0, 0.1) is 0 Å². The molecule has 22 heavy (non-hydrogen) atoms. The van der Waals surface area contributed by atoms with E-state index in [4.69, 9.17) is 0 Å². The first kappa shape index (κ1) is 15.0. The quantitative estimate of drug-likeness (QED) is 0.793. The van der Waals surface area contributed by atoms with E-state index in [1.165, 1.54) is 11.8 Å². The highest BCUT2D eigenvalue weighted by Gasteiger charge is 2.30. The summed E-state index contributed by atoms with van der Waals surface area (Å²) in [5.74, 6) is 1.25. The summed E-state index contributed by atoms with van der Waals surface area (Å²) < 4.78 is 2.15. The second-order valence-electron chi connectivity index (χ2n) is 5.29. The Bertz CT molecular complexity index is 639.